The molecule has 3 aliphatic rings. The molecule has 0 radical (unpaired) electrons. The molecule has 4 rings (SSSR count). The summed E-state index contributed by atoms with van der Waals surface area (Å²) in [7, 11) is 0. The molecule has 2 heteroatoms. The van der Waals surface area contributed by atoms with Gasteiger partial charge in [0.1, 0.15) is 12.2 Å². The molecule has 2 atom stereocenters. The molecule has 2 heterocycles. The third kappa shape index (κ3) is 0.709. The Labute approximate surface area is 70.3 Å². The maximum absolute atomic E-state index is 5.12. The predicted octanol–water partition coefficient (Wildman–Crippen LogP) is 2.30. The summed E-state index contributed by atoms with van der Waals surface area (Å²) in [6.07, 6.45) is 4.09. The van der Waals surface area contributed by atoms with E-state index in [2.05, 4.69) is 12.1 Å². The minimum absolute atomic E-state index is 0.00574. The van der Waals surface area contributed by atoms with Gasteiger partial charge in [0.05, 0.1) is 0 Å². The van der Waals surface area contributed by atoms with Crippen LogP contribution in [0.15, 0.2) is 36.4 Å². The van der Waals surface area contributed by atoms with E-state index in [0.29, 0.717) is 0 Å². The summed E-state index contributed by atoms with van der Waals surface area (Å²) in [5.74, 6) is 0. The molecule has 1 aromatic carbocycles. The fourth-order valence-corrected chi connectivity index (χ4v) is 1.73. The Morgan fingerprint density at radius 2 is 1.33 bits per heavy atom. The van der Waals surface area contributed by atoms with Crippen molar-refractivity contribution < 1.29 is 9.78 Å². The van der Waals surface area contributed by atoms with Crippen molar-refractivity contribution in [2.75, 3.05) is 0 Å². The molecule has 0 amide bonds. The number of fused-ring (bicyclic) bond motifs is 1. The summed E-state index contributed by atoms with van der Waals surface area (Å²) in [6, 6.07) is 8.21. The van der Waals surface area contributed by atoms with E-state index in [-0.39, 0.29) is 12.2 Å². The Bertz CT molecular complexity index is 310. The Kier molecular flexibility index (Phi) is 1.17. The van der Waals surface area contributed by atoms with Crippen molar-refractivity contribution in [3.8, 4) is 0 Å². The Balaban J connectivity index is 2.24. The van der Waals surface area contributed by atoms with Crippen molar-refractivity contribution in [3.05, 3.63) is 47.5 Å². The Morgan fingerprint density at radius 1 is 0.833 bits per heavy atom. The monoisotopic (exact) mass is 160 g/mol. The second-order valence-corrected chi connectivity index (χ2v) is 3.05. The fourth-order valence-electron chi connectivity index (χ4n) is 1.73. The lowest BCUT2D eigenvalue weighted by Crippen LogP contribution is -2.21. The fraction of sp³-hybridized carbons (Fsp3) is 0.200. The highest BCUT2D eigenvalue weighted by molar-refractivity contribution is 5.39. The zero-order valence-corrected chi connectivity index (χ0v) is 6.44. The largest absolute Gasteiger partial charge is 0.223 e. The van der Waals surface area contributed by atoms with Crippen molar-refractivity contribution >= 4 is 0 Å². The molecule has 0 fully saturated rings. The Morgan fingerprint density at radius 3 is 1.75 bits per heavy atom. The van der Waals surface area contributed by atoms with Gasteiger partial charge in [-0.3, -0.25) is 0 Å². The van der Waals surface area contributed by atoms with Crippen molar-refractivity contribution in [1.82, 2.24) is 0 Å². The highest BCUT2D eigenvalue weighted by Gasteiger charge is 2.30. The first-order valence-electron chi connectivity index (χ1n) is 4.04. The van der Waals surface area contributed by atoms with E-state index in [4.69, 9.17) is 9.78 Å². The number of benzene rings is 1. The van der Waals surface area contributed by atoms with Gasteiger partial charge in [-0.25, -0.2) is 9.78 Å². The van der Waals surface area contributed by atoms with E-state index in [1.54, 1.807) is 0 Å². The van der Waals surface area contributed by atoms with E-state index in [0.717, 1.165) is 0 Å². The van der Waals surface area contributed by atoms with Crippen molar-refractivity contribution in [2.45, 2.75) is 12.2 Å². The average Bonchev–Trinajstić information content (AvgIpc) is 2.20. The van der Waals surface area contributed by atoms with Crippen LogP contribution in [0.1, 0.15) is 23.3 Å². The second kappa shape index (κ2) is 2.19. The first-order chi connectivity index (χ1) is 5.95. The van der Waals surface area contributed by atoms with Gasteiger partial charge in [-0.2, -0.15) is 0 Å². The smallest absolute Gasteiger partial charge is 0.137 e. The minimum Gasteiger partial charge on any atom is -0.223 e. The number of hydrogen-bond donors (Lipinski definition) is 0. The molecule has 12 heavy (non-hydrogen) atoms. The van der Waals surface area contributed by atoms with Crippen LogP contribution in [-0.4, -0.2) is 0 Å². The van der Waals surface area contributed by atoms with Gasteiger partial charge in [-0.05, 0) is 23.3 Å². The number of hydrogen-bond acceptors (Lipinski definition) is 2. The van der Waals surface area contributed by atoms with Crippen LogP contribution in [0.5, 0.6) is 0 Å². The van der Waals surface area contributed by atoms with E-state index in [1.807, 2.05) is 24.3 Å². The van der Waals surface area contributed by atoms with Crippen LogP contribution >= 0.6 is 0 Å². The maximum atomic E-state index is 5.12. The summed E-state index contributed by atoms with van der Waals surface area (Å²) in [4.78, 5) is 10.2. The van der Waals surface area contributed by atoms with E-state index in [1.165, 1.54) is 11.1 Å². The molecule has 2 aliphatic heterocycles. The molecule has 2 bridgehead atoms. The lowest BCUT2D eigenvalue weighted by Gasteiger charge is -2.31. The van der Waals surface area contributed by atoms with Crippen LogP contribution in [0.25, 0.3) is 0 Å². The molecule has 0 spiro atoms. The van der Waals surface area contributed by atoms with Crippen molar-refractivity contribution in [2.24, 2.45) is 0 Å². The zero-order valence-electron chi connectivity index (χ0n) is 6.44. The zero-order chi connectivity index (χ0) is 7.97. The topological polar surface area (TPSA) is 18.5 Å². The maximum Gasteiger partial charge on any atom is 0.137 e. The van der Waals surface area contributed by atoms with Gasteiger partial charge in [0.15, 0.2) is 0 Å². The van der Waals surface area contributed by atoms with Crippen molar-refractivity contribution in [1.29, 1.82) is 0 Å². The lowest BCUT2D eigenvalue weighted by molar-refractivity contribution is -0.355. The van der Waals surface area contributed by atoms with Crippen LogP contribution in [-0.2, 0) is 9.78 Å². The van der Waals surface area contributed by atoms with E-state index < -0.39 is 0 Å². The molecule has 0 N–H and O–H groups in total. The molecular weight excluding hydrogens is 152 g/mol. The molecule has 1 aromatic rings. The van der Waals surface area contributed by atoms with Gasteiger partial charge >= 0.3 is 0 Å². The van der Waals surface area contributed by atoms with E-state index in [9.17, 15) is 0 Å². The van der Waals surface area contributed by atoms with E-state index >= 15 is 0 Å². The van der Waals surface area contributed by atoms with Gasteiger partial charge in [0.25, 0.3) is 0 Å². The average molecular weight is 160 g/mol. The highest BCUT2D eigenvalue weighted by Crippen LogP contribution is 2.40. The van der Waals surface area contributed by atoms with Gasteiger partial charge in [-0.1, -0.05) is 24.3 Å². The minimum atomic E-state index is 0.00574. The van der Waals surface area contributed by atoms with Gasteiger partial charge in [0.2, 0.25) is 0 Å². The molecule has 60 valence electrons. The SMILES string of the molecule is C1=CC2OOC1c1ccccc12. The van der Waals surface area contributed by atoms with Gasteiger partial charge in [-0.15, -0.1) is 0 Å². The first-order valence-corrected chi connectivity index (χ1v) is 4.04. The summed E-state index contributed by atoms with van der Waals surface area (Å²) in [6.45, 7) is 0. The quantitative estimate of drug-likeness (QED) is 0.428. The lowest BCUT2D eigenvalue weighted by atomic mass is 9.92. The first kappa shape index (κ1) is 6.40. The third-order valence-corrected chi connectivity index (χ3v) is 2.33. The normalized spacial score (nSPS) is 30.3. The Hall–Kier alpha value is -1.12. The molecule has 0 aromatic heterocycles. The molecule has 0 saturated heterocycles. The second-order valence-electron chi connectivity index (χ2n) is 3.05. The summed E-state index contributed by atoms with van der Waals surface area (Å²) in [5, 5.41) is 0. The van der Waals surface area contributed by atoms with Crippen LogP contribution in [0.3, 0.4) is 0 Å². The van der Waals surface area contributed by atoms with Crippen LogP contribution in [0.2, 0.25) is 0 Å². The summed E-state index contributed by atoms with van der Waals surface area (Å²) >= 11 is 0. The molecule has 2 nitrogen and oxygen atoms in total. The molecule has 0 saturated carbocycles. The summed E-state index contributed by atoms with van der Waals surface area (Å²) in [5.41, 5.74) is 2.47. The molecule has 2 unspecified atom stereocenters. The standard InChI is InChI=1S/C10H8O2/c1-2-4-8-7(3-1)9-5-6-10(8)12-11-9/h1-6,9-10H. The third-order valence-electron chi connectivity index (χ3n) is 2.33. The van der Waals surface area contributed by atoms with Gasteiger partial charge in [0, 0.05) is 0 Å². The van der Waals surface area contributed by atoms with Crippen LogP contribution in [0.4, 0.5) is 0 Å². The molecule has 1 aliphatic carbocycles. The predicted molar refractivity (Wildman–Crippen MR) is 43.2 cm³/mol. The highest BCUT2D eigenvalue weighted by atomic mass is 17.2. The van der Waals surface area contributed by atoms with Gasteiger partial charge < -0.3 is 0 Å². The van der Waals surface area contributed by atoms with Crippen molar-refractivity contribution in [3.63, 3.8) is 0 Å². The molecular formula is C10H8O2. The summed E-state index contributed by atoms with van der Waals surface area (Å²) < 4.78 is 0. The number of rotatable bonds is 0. The van der Waals surface area contributed by atoms with Crippen LogP contribution < -0.4 is 0 Å². The van der Waals surface area contributed by atoms with Crippen LogP contribution in [0, 0.1) is 0 Å².